The first-order valence-corrected chi connectivity index (χ1v) is 6.68. The van der Waals surface area contributed by atoms with Crippen LogP contribution in [0.1, 0.15) is 39.2 Å². The number of benzene rings is 1. The Balaban J connectivity index is 2.24. The maximum Gasteiger partial charge on any atom is 0.0702 e. The van der Waals surface area contributed by atoms with Crippen LogP contribution >= 0.6 is 0 Å². The third kappa shape index (κ3) is 2.88. The Kier molecular flexibility index (Phi) is 3.97. The van der Waals surface area contributed by atoms with Crippen LogP contribution in [-0.4, -0.2) is 17.1 Å². The molecule has 18 heavy (non-hydrogen) atoms. The van der Waals surface area contributed by atoms with E-state index < -0.39 is 0 Å². The maximum absolute atomic E-state index is 4.36. The van der Waals surface area contributed by atoms with Crippen molar-refractivity contribution in [2.24, 2.45) is 0 Å². The second kappa shape index (κ2) is 5.49. The smallest absolute Gasteiger partial charge is 0.0702 e. The van der Waals surface area contributed by atoms with Gasteiger partial charge in [0.25, 0.3) is 0 Å². The molecule has 0 fully saturated rings. The lowest BCUT2D eigenvalue weighted by molar-refractivity contribution is 0.440. The fraction of sp³-hybridized carbons (Fsp3) is 0.438. The number of nitrogens with one attached hydrogen (secondary N) is 1. The molecule has 2 atom stereocenters. The third-order valence-corrected chi connectivity index (χ3v) is 3.50. The molecule has 1 aromatic heterocycles. The van der Waals surface area contributed by atoms with E-state index in [1.807, 2.05) is 12.3 Å². The number of aromatic nitrogens is 1. The monoisotopic (exact) mass is 242 g/mol. The van der Waals surface area contributed by atoms with E-state index in [9.17, 15) is 0 Å². The highest BCUT2D eigenvalue weighted by molar-refractivity contribution is 5.79. The molecule has 1 aromatic carbocycles. The molecule has 0 bridgehead atoms. The quantitative estimate of drug-likeness (QED) is 0.883. The Labute approximate surface area is 109 Å². The third-order valence-electron chi connectivity index (χ3n) is 3.50. The minimum Gasteiger partial charge on any atom is -0.311 e. The molecule has 1 heterocycles. The average molecular weight is 242 g/mol. The van der Waals surface area contributed by atoms with Crippen LogP contribution in [-0.2, 0) is 0 Å². The van der Waals surface area contributed by atoms with Gasteiger partial charge in [0, 0.05) is 23.7 Å². The Morgan fingerprint density at radius 2 is 1.83 bits per heavy atom. The summed E-state index contributed by atoms with van der Waals surface area (Å²) in [6.07, 6.45) is 1.84. The van der Waals surface area contributed by atoms with Crippen molar-refractivity contribution in [3.05, 3.63) is 42.1 Å². The van der Waals surface area contributed by atoms with Crippen LogP contribution in [0.3, 0.4) is 0 Å². The molecule has 2 heteroatoms. The number of fused-ring (bicyclic) bond motifs is 1. The predicted octanol–water partition coefficient (Wildman–Crippen LogP) is 3.72. The molecule has 0 amide bonds. The van der Waals surface area contributed by atoms with Crippen LogP contribution in [0.2, 0.25) is 0 Å². The summed E-state index contributed by atoms with van der Waals surface area (Å²) in [5, 5.41) is 4.79. The van der Waals surface area contributed by atoms with E-state index in [1.54, 1.807) is 0 Å². The molecule has 0 spiro atoms. The second-order valence-electron chi connectivity index (χ2n) is 5.35. The summed E-state index contributed by atoms with van der Waals surface area (Å²) in [7, 11) is 0. The van der Waals surface area contributed by atoms with E-state index in [0.29, 0.717) is 18.0 Å². The number of pyridine rings is 1. The van der Waals surface area contributed by atoms with Crippen LogP contribution in [0.5, 0.6) is 0 Å². The number of nitrogens with zero attached hydrogens (tertiary/aromatic N) is 1. The van der Waals surface area contributed by atoms with Gasteiger partial charge in [0.2, 0.25) is 0 Å². The van der Waals surface area contributed by atoms with Crippen molar-refractivity contribution in [2.75, 3.05) is 0 Å². The van der Waals surface area contributed by atoms with Gasteiger partial charge in [-0.25, -0.2) is 0 Å². The van der Waals surface area contributed by atoms with Gasteiger partial charge in [-0.2, -0.15) is 0 Å². The molecule has 96 valence electrons. The molecule has 0 radical (unpaired) electrons. The minimum absolute atomic E-state index is 0.471. The maximum atomic E-state index is 4.36. The topological polar surface area (TPSA) is 24.9 Å². The van der Waals surface area contributed by atoms with E-state index >= 15 is 0 Å². The Morgan fingerprint density at radius 1 is 1.06 bits per heavy atom. The lowest BCUT2D eigenvalue weighted by Crippen LogP contribution is -2.36. The molecular weight excluding hydrogens is 220 g/mol. The van der Waals surface area contributed by atoms with Crippen molar-refractivity contribution < 1.29 is 0 Å². The fourth-order valence-electron chi connectivity index (χ4n) is 2.34. The van der Waals surface area contributed by atoms with Gasteiger partial charge in [-0.15, -0.1) is 0 Å². The highest BCUT2D eigenvalue weighted by atomic mass is 14.9. The van der Waals surface area contributed by atoms with Gasteiger partial charge in [0.1, 0.15) is 0 Å². The lowest BCUT2D eigenvalue weighted by atomic mass is 9.93. The van der Waals surface area contributed by atoms with Gasteiger partial charge in [0.05, 0.1) is 5.52 Å². The fourth-order valence-corrected chi connectivity index (χ4v) is 2.34. The van der Waals surface area contributed by atoms with Gasteiger partial charge < -0.3 is 5.32 Å². The highest BCUT2D eigenvalue weighted by Gasteiger charge is 2.15. The first-order valence-electron chi connectivity index (χ1n) is 6.68. The van der Waals surface area contributed by atoms with Crippen LogP contribution in [0.15, 0.2) is 36.5 Å². The zero-order valence-corrected chi connectivity index (χ0v) is 11.6. The zero-order chi connectivity index (χ0) is 13.1. The lowest BCUT2D eigenvalue weighted by Gasteiger charge is -2.24. The summed E-state index contributed by atoms with van der Waals surface area (Å²) in [6.45, 7) is 8.90. The van der Waals surface area contributed by atoms with Gasteiger partial charge >= 0.3 is 0 Å². The van der Waals surface area contributed by atoms with Gasteiger partial charge in [-0.05, 0) is 36.6 Å². The highest BCUT2D eigenvalue weighted by Crippen LogP contribution is 2.23. The van der Waals surface area contributed by atoms with E-state index in [1.165, 1.54) is 10.9 Å². The van der Waals surface area contributed by atoms with Crippen LogP contribution in [0.4, 0.5) is 0 Å². The van der Waals surface area contributed by atoms with Crippen molar-refractivity contribution in [3.8, 4) is 0 Å². The summed E-state index contributed by atoms with van der Waals surface area (Å²) >= 11 is 0. The molecule has 2 nitrogen and oxygen atoms in total. The molecule has 0 aliphatic heterocycles. The molecule has 1 N–H and O–H groups in total. The first kappa shape index (κ1) is 13.0. The first-order chi connectivity index (χ1) is 8.58. The van der Waals surface area contributed by atoms with Crippen molar-refractivity contribution in [3.63, 3.8) is 0 Å². The molecule has 0 aliphatic carbocycles. The van der Waals surface area contributed by atoms with Crippen molar-refractivity contribution in [1.82, 2.24) is 10.3 Å². The molecule has 0 saturated heterocycles. The van der Waals surface area contributed by atoms with Crippen molar-refractivity contribution in [2.45, 2.75) is 45.7 Å². The Morgan fingerprint density at radius 3 is 2.56 bits per heavy atom. The average Bonchev–Trinajstić information content (AvgIpc) is 2.36. The summed E-state index contributed by atoms with van der Waals surface area (Å²) in [4.78, 5) is 4.36. The molecule has 0 aliphatic rings. The number of hydrogen-bond acceptors (Lipinski definition) is 2. The van der Waals surface area contributed by atoms with E-state index in [4.69, 9.17) is 0 Å². The van der Waals surface area contributed by atoms with Gasteiger partial charge in [0.15, 0.2) is 0 Å². The summed E-state index contributed by atoms with van der Waals surface area (Å²) in [5.41, 5.74) is 2.44. The van der Waals surface area contributed by atoms with Crippen LogP contribution < -0.4 is 5.32 Å². The normalized spacial score (nSPS) is 14.9. The predicted molar refractivity (Wildman–Crippen MR) is 77.9 cm³/mol. The van der Waals surface area contributed by atoms with Gasteiger partial charge in [-0.1, -0.05) is 32.9 Å². The molecule has 2 aromatic rings. The van der Waals surface area contributed by atoms with Crippen molar-refractivity contribution >= 4 is 10.9 Å². The number of hydrogen-bond donors (Lipinski definition) is 1. The van der Waals surface area contributed by atoms with E-state index in [0.717, 1.165) is 5.52 Å². The molecular formula is C16H22N2. The summed E-state index contributed by atoms with van der Waals surface area (Å²) in [5.74, 6) is 0.497. The summed E-state index contributed by atoms with van der Waals surface area (Å²) < 4.78 is 0. The largest absolute Gasteiger partial charge is 0.311 e. The van der Waals surface area contributed by atoms with E-state index in [-0.39, 0.29) is 0 Å². The number of rotatable bonds is 4. The van der Waals surface area contributed by atoms with Crippen molar-refractivity contribution in [1.29, 1.82) is 0 Å². The molecule has 2 rings (SSSR count). The zero-order valence-electron chi connectivity index (χ0n) is 11.6. The molecule has 0 saturated carbocycles. The Bertz CT molecular complexity index is 519. The van der Waals surface area contributed by atoms with Gasteiger partial charge in [-0.3, -0.25) is 4.98 Å². The molecule has 2 unspecified atom stereocenters. The second-order valence-corrected chi connectivity index (χ2v) is 5.35. The Hall–Kier alpha value is -1.41. The summed E-state index contributed by atoms with van der Waals surface area (Å²) in [6, 6.07) is 11.7. The standard InChI is InChI=1S/C16H22N2/c1-11(2)18-13(4)12(3)14-7-8-16-15(10-14)6-5-9-17-16/h5-13,18H,1-4H3. The minimum atomic E-state index is 0.471. The van der Waals surface area contributed by atoms with Crippen LogP contribution in [0.25, 0.3) is 10.9 Å². The van der Waals surface area contributed by atoms with Crippen LogP contribution in [0, 0.1) is 0 Å². The van der Waals surface area contributed by atoms with E-state index in [2.05, 4.69) is 62.3 Å². The SMILES string of the molecule is CC(C)NC(C)C(C)c1ccc2ncccc2c1.